The van der Waals surface area contributed by atoms with Gasteiger partial charge in [-0.2, -0.15) is 5.10 Å². The van der Waals surface area contributed by atoms with Crippen molar-refractivity contribution in [1.82, 2.24) is 19.6 Å². The lowest BCUT2D eigenvalue weighted by atomic mass is 9.90. The number of amides is 1. The number of rotatable bonds is 7. The first-order chi connectivity index (χ1) is 17.8. The highest BCUT2D eigenvalue weighted by Crippen LogP contribution is 2.34. The van der Waals surface area contributed by atoms with E-state index in [0.29, 0.717) is 16.7 Å². The van der Waals surface area contributed by atoms with Crippen LogP contribution >= 0.6 is 0 Å². The molecule has 2 aliphatic rings. The zero-order chi connectivity index (χ0) is 26.0. The number of hydrogen-bond donors (Lipinski definition) is 0. The first kappa shape index (κ1) is 25.7. The highest BCUT2D eigenvalue weighted by atomic mass is 32.2. The third-order valence-corrected chi connectivity index (χ3v) is 9.02. The highest BCUT2D eigenvalue weighted by molar-refractivity contribution is 7.90. The molecule has 0 N–H and O–H groups in total. The lowest BCUT2D eigenvalue weighted by Gasteiger charge is -2.33. The van der Waals surface area contributed by atoms with E-state index < -0.39 is 9.84 Å². The third kappa shape index (κ3) is 5.65. The molecular weight excluding hydrogens is 484 g/mol. The van der Waals surface area contributed by atoms with Gasteiger partial charge >= 0.3 is 0 Å². The molecule has 196 valence electrons. The number of carbonyl (C=O) groups excluding carboxylic acids is 1. The minimum atomic E-state index is -3.18. The van der Waals surface area contributed by atoms with Crippen LogP contribution in [0, 0.1) is 0 Å². The monoisotopic (exact) mass is 520 g/mol. The van der Waals surface area contributed by atoms with E-state index >= 15 is 0 Å². The Labute approximate surface area is 220 Å². The fraction of sp³-hybridized carbons (Fsp3) is 0.448. The van der Waals surface area contributed by atoms with Gasteiger partial charge in [0.1, 0.15) is 0 Å². The van der Waals surface area contributed by atoms with Crippen molar-refractivity contribution in [1.29, 1.82) is 0 Å². The van der Waals surface area contributed by atoms with Gasteiger partial charge in [-0.3, -0.25) is 14.4 Å². The van der Waals surface area contributed by atoms with Crippen molar-refractivity contribution in [2.45, 2.75) is 56.0 Å². The van der Waals surface area contributed by atoms with E-state index in [1.807, 2.05) is 27.8 Å². The normalized spacial score (nSPS) is 19.4. The van der Waals surface area contributed by atoms with E-state index in [1.54, 1.807) is 18.3 Å². The standard InChI is InChI=1S/C29H36N4O3S/c1-3-33-28(24-13-16-31(17-14-24)20-22-9-11-26(12-10-22)37(2,35)36)27(19-30-33)29(34)32-18-15-25(21-32)23-7-5-4-6-8-23/h4-12,19,24-25H,3,13-18,20-21H2,1-2H3/t25-/m0/s1. The molecule has 1 amide bonds. The van der Waals surface area contributed by atoms with E-state index in [9.17, 15) is 13.2 Å². The van der Waals surface area contributed by atoms with Gasteiger partial charge in [0.15, 0.2) is 9.84 Å². The Kier molecular flexibility index (Phi) is 7.49. The number of benzene rings is 2. The van der Waals surface area contributed by atoms with Crippen LogP contribution in [0.3, 0.4) is 0 Å². The fourth-order valence-corrected chi connectivity index (χ4v) is 6.45. The Bertz CT molecular complexity index is 1330. The van der Waals surface area contributed by atoms with Crippen LogP contribution in [0.4, 0.5) is 0 Å². The predicted molar refractivity (Wildman–Crippen MR) is 144 cm³/mol. The molecule has 0 saturated carbocycles. The topological polar surface area (TPSA) is 75.5 Å². The molecule has 0 bridgehead atoms. The van der Waals surface area contributed by atoms with E-state index in [-0.39, 0.29) is 5.91 Å². The van der Waals surface area contributed by atoms with E-state index in [4.69, 9.17) is 0 Å². The molecule has 5 rings (SSSR count). The average molecular weight is 521 g/mol. The van der Waals surface area contributed by atoms with Gasteiger partial charge in [-0.15, -0.1) is 0 Å². The van der Waals surface area contributed by atoms with Gasteiger partial charge in [0, 0.05) is 44.3 Å². The summed E-state index contributed by atoms with van der Waals surface area (Å²) in [4.78, 5) is 18.4. The van der Waals surface area contributed by atoms with Gasteiger partial charge in [-0.1, -0.05) is 42.5 Å². The number of likely N-dealkylation sites (tertiary alicyclic amines) is 2. The molecule has 37 heavy (non-hydrogen) atoms. The molecule has 0 spiro atoms. The van der Waals surface area contributed by atoms with Crippen LogP contribution in [0.5, 0.6) is 0 Å². The number of aromatic nitrogens is 2. The van der Waals surface area contributed by atoms with Crippen LogP contribution in [-0.4, -0.2) is 66.3 Å². The molecule has 2 saturated heterocycles. The quantitative estimate of drug-likeness (QED) is 0.464. The molecule has 3 aromatic rings. The van der Waals surface area contributed by atoms with Crippen LogP contribution in [0.2, 0.25) is 0 Å². The molecule has 2 fully saturated rings. The molecule has 0 unspecified atom stereocenters. The number of aryl methyl sites for hydroxylation is 1. The smallest absolute Gasteiger partial charge is 0.257 e. The Morgan fingerprint density at radius 2 is 1.62 bits per heavy atom. The first-order valence-electron chi connectivity index (χ1n) is 13.2. The number of hydrogen-bond acceptors (Lipinski definition) is 5. The predicted octanol–water partition coefficient (Wildman–Crippen LogP) is 4.32. The van der Waals surface area contributed by atoms with Crippen LogP contribution in [-0.2, 0) is 22.9 Å². The SMILES string of the molecule is CCn1ncc(C(=O)N2CC[C@H](c3ccccc3)C2)c1C1CCN(Cc2ccc(S(C)(=O)=O)cc2)CC1. The van der Waals surface area contributed by atoms with E-state index in [1.165, 1.54) is 11.8 Å². The molecular formula is C29H36N4O3S. The number of sulfone groups is 1. The van der Waals surface area contributed by atoms with Crippen molar-refractivity contribution >= 4 is 15.7 Å². The minimum Gasteiger partial charge on any atom is -0.338 e. The summed E-state index contributed by atoms with van der Waals surface area (Å²) in [5.41, 5.74) is 4.28. The lowest BCUT2D eigenvalue weighted by Crippen LogP contribution is -2.34. The van der Waals surface area contributed by atoms with Gasteiger partial charge in [0.2, 0.25) is 0 Å². The van der Waals surface area contributed by atoms with E-state index in [0.717, 1.165) is 75.4 Å². The summed E-state index contributed by atoms with van der Waals surface area (Å²) in [5.74, 6) is 0.809. The second kappa shape index (κ2) is 10.8. The van der Waals surface area contributed by atoms with Gasteiger partial charge < -0.3 is 4.90 Å². The van der Waals surface area contributed by atoms with Crippen LogP contribution in [0.25, 0.3) is 0 Å². The number of nitrogens with zero attached hydrogens (tertiary/aromatic N) is 4. The van der Waals surface area contributed by atoms with Crippen molar-refractivity contribution in [3.63, 3.8) is 0 Å². The van der Waals surface area contributed by atoms with Crippen molar-refractivity contribution in [3.8, 4) is 0 Å². The van der Waals surface area contributed by atoms with Crippen molar-refractivity contribution in [2.75, 3.05) is 32.4 Å². The molecule has 0 radical (unpaired) electrons. The zero-order valence-corrected chi connectivity index (χ0v) is 22.5. The van der Waals surface area contributed by atoms with Gasteiger partial charge in [0.25, 0.3) is 5.91 Å². The molecule has 3 heterocycles. The molecule has 8 heteroatoms. The van der Waals surface area contributed by atoms with Crippen LogP contribution < -0.4 is 0 Å². The Hall–Kier alpha value is -2.97. The van der Waals surface area contributed by atoms with Crippen LogP contribution in [0.1, 0.15) is 65.2 Å². The maximum atomic E-state index is 13.6. The highest BCUT2D eigenvalue weighted by Gasteiger charge is 2.33. The second-order valence-electron chi connectivity index (χ2n) is 10.4. The molecule has 2 aliphatic heterocycles. The Morgan fingerprint density at radius 1 is 0.946 bits per heavy atom. The lowest BCUT2D eigenvalue weighted by molar-refractivity contribution is 0.0788. The maximum Gasteiger partial charge on any atom is 0.257 e. The molecule has 7 nitrogen and oxygen atoms in total. The van der Waals surface area contributed by atoms with Crippen LogP contribution in [0.15, 0.2) is 65.7 Å². The van der Waals surface area contributed by atoms with Crippen molar-refractivity contribution < 1.29 is 13.2 Å². The molecule has 1 atom stereocenters. The minimum absolute atomic E-state index is 0.113. The summed E-state index contributed by atoms with van der Waals surface area (Å²) in [6.45, 7) is 7.04. The summed E-state index contributed by atoms with van der Waals surface area (Å²) in [5, 5.41) is 4.60. The fourth-order valence-electron chi connectivity index (χ4n) is 5.82. The Balaban J connectivity index is 1.24. The summed E-state index contributed by atoms with van der Waals surface area (Å²) < 4.78 is 25.5. The average Bonchev–Trinajstić information content (AvgIpc) is 3.57. The Morgan fingerprint density at radius 3 is 2.27 bits per heavy atom. The number of piperidine rings is 1. The van der Waals surface area contributed by atoms with Crippen molar-refractivity contribution in [3.05, 3.63) is 83.2 Å². The summed E-state index contributed by atoms with van der Waals surface area (Å²) in [6.07, 6.45) is 5.96. The maximum absolute atomic E-state index is 13.6. The largest absolute Gasteiger partial charge is 0.338 e. The second-order valence-corrected chi connectivity index (χ2v) is 12.4. The summed E-state index contributed by atoms with van der Waals surface area (Å²) in [6, 6.07) is 17.7. The summed E-state index contributed by atoms with van der Waals surface area (Å²) in [7, 11) is -3.18. The van der Waals surface area contributed by atoms with Crippen molar-refractivity contribution in [2.24, 2.45) is 0 Å². The molecule has 0 aliphatic carbocycles. The molecule has 1 aromatic heterocycles. The van der Waals surface area contributed by atoms with Gasteiger partial charge in [-0.25, -0.2) is 8.42 Å². The van der Waals surface area contributed by atoms with Gasteiger partial charge in [-0.05, 0) is 62.5 Å². The van der Waals surface area contributed by atoms with E-state index in [2.05, 4.69) is 41.2 Å². The third-order valence-electron chi connectivity index (χ3n) is 7.89. The first-order valence-corrected chi connectivity index (χ1v) is 15.1. The molecule has 2 aromatic carbocycles. The number of carbonyl (C=O) groups is 1. The summed E-state index contributed by atoms with van der Waals surface area (Å²) >= 11 is 0. The zero-order valence-electron chi connectivity index (χ0n) is 21.7. The van der Waals surface area contributed by atoms with Gasteiger partial charge in [0.05, 0.1) is 22.3 Å².